The molecule has 0 spiro atoms. The summed E-state index contributed by atoms with van der Waals surface area (Å²) in [6.07, 6.45) is 0. The Bertz CT molecular complexity index is 731. The van der Waals surface area contributed by atoms with Crippen molar-refractivity contribution in [2.45, 2.75) is 0 Å². The van der Waals surface area contributed by atoms with Gasteiger partial charge in [-0.25, -0.2) is 0 Å². The lowest BCUT2D eigenvalue weighted by atomic mass is 10.0. The van der Waals surface area contributed by atoms with E-state index in [0.29, 0.717) is 33.0 Å². The smallest absolute Gasteiger partial charge is 0.135 e. The molecule has 4 nitrogen and oxygen atoms in total. The van der Waals surface area contributed by atoms with Crippen LogP contribution >= 0.6 is 0 Å². The first-order chi connectivity index (χ1) is 11.9. The fraction of sp³-hybridized carbons (Fsp3) is 0.300. The first-order valence-electron chi connectivity index (χ1n) is 8.20. The minimum absolute atomic E-state index is 0.0390. The zero-order valence-electron chi connectivity index (χ0n) is 13.6. The van der Waals surface area contributed by atoms with E-state index in [1.807, 2.05) is 24.3 Å². The normalized spacial score (nSPS) is 11.2. The topological polar surface area (TPSA) is 47.9 Å². The summed E-state index contributed by atoms with van der Waals surface area (Å²) in [5.41, 5.74) is 0. The van der Waals surface area contributed by atoms with Gasteiger partial charge < -0.3 is 19.3 Å². The first-order valence-corrected chi connectivity index (χ1v) is 8.20. The lowest BCUT2D eigenvalue weighted by molar-refractivity contribution is 0.0249. The second-order valence-corrected chi connectivity index (χ2v) is 5.44. The van der Waals surface area contributed by atoms with Crippen LogP contribution in [0.1, 0.15) is 0 Å². The quantitative estimate of drug-likeness (QED) is 0.484. The van der Waals surface area contributed by atoms with E-state index in [9.17, 15) is 0 Å². The number of hydrogen-bond acceptors (Lipinski definition) is 4. The third kappa shape index (κ3) is 4.03. The van der Waals surface area contributed by atoms with E-state index in [1.54, 1.807) is 0 Å². The predicted molar refractivity (Wildman–Crippen MR) is 95.7 cm³/mol. The molecule has 0 aromatic heterocycles. The molecule has 126 valence electrons. The molecule has 0 aliphatic rings. The van der Waals surface area contributed by atoms with Gasteiger partial charge in [0.15, 0.2) is 0 Å². The van der Waals surface area contributed by atoms with Crippen LogP contribution in [0.2, 0.25) is 0 Å². The van der Waals surface area contributed by atoms with Crippen LogP contribution in [0.25, 0.3) is 21.5 Å². The van der Waals surface area contributed by atoms with E-state index in [2.05, 4.69) is 30.3 Å². The van der Waals surface area contributed by atoms with Crippen LogP contribution in [-0.2, 0) is 9.47 Å². The second kappa shape index (κ2) is 8.64. The van der Waals surface area contributed by atoms with Crippen LogP contribution < -0.4 is 4.74 Å². The first kappa shape index (κ1) is 16.7. The highest BCUT2D eigenvalue weighted by Gasteiger charge is 2.08. The van der Waals surface area contributed by atoms with Gasteiger partial charge in [0.25, 0.3) is 0 Å². The van der Waals surface area contributed by atoms with E-state index in [1.165, 1.54) is 10.8 Å². The molecule has 0 aliphatic carbocycles. The molecule has 3 aromatic carbocycles. The highest BCUT2D eigenvalue weighted by Crippen LogP contribution is 2.34. The third-order valence-electron chi connectivity index (χ3n) is 3.80. The average Bonchev–Trinajstić information content (AvgIpc) is 2.63. The number of ether oxygens (including phenoxy) is 3. The maximum absolute atomic E-state index is 8.62. The van der Waals surface area contributed by atoms with Gasteiger partial charge in [-0.3, -0.25) is 0 Å². The maximum Gasteiger partial charge on any atom is 0.135 e. The van der Waals surface area contributed by atoms with Crippen molar-refractivity contribution in [3.05, 3.63) is 54.6 Å². The Labute approximate surface area is 141 Å². The molecular weight excluding hydrogens is 304 g/mol. The summed E-state index contributed by atoms with van der Waals surface area (Å²) in [5, 5.41) is 13.2. The van der Waals surface area contributed by atoms with Crippen molar-refractivity contribution in [3.8, 4) is 5.75 Å². The number of aliphatic hydroxyl groups is 1. The Morgan fingerprint density at radius 2 is 1.21 bits per heavy atom. The van der Waals surface area contributed by atoms with Gasteiger partial charge in [-0.2, -0.15) is 0 Å². The number of hydrogen-bond donors (Lipinski definition) is 1. The molecule has 0 aliphatic heterocycles. The van der Waals surface area contributed by atoms with Crippen molar-refractivity contribution >= 4 is 21.5 Å². The van der Waals surface area contributed by atoms with Gasteiger partial charge in [0.05, 0.1) is 33.0 Å². The van der Waals surface area contributed by atoms with E-state index in [0.717, 1.165) is 16.5 Å². The Morgan fingerprint density at radius 3 is 1.83 bits per heavy atom. The van der Waals surface area contributed by atoms with E-state index < -0.39 is 0 Å². The molecule has 0 heterocycles. The van der Waals surface area contributed by atoms with E-state index in [4.69, 9.17) is 19.3 Å². The maximum atomic E-state index is 8.62. The number of benzene rings is 3. The lowest BCUT2D eigenvalue weighted by Gasteiger charge is -2.13. The molecule has 0 saturated carbocycles. The Kier molecular flexibility index (Phi) is 6.01. The summed E-state index contributed by atoms with van der Waals surface area (Å²) >= 11 is 0. The van der Waals surface area contributed by atoms with Crippen LogP contribution in [0.15, 0.2) is 54.6 Å². The van der Waals surface area contributed by atoms with Gasteiger partial charge in [-0.1, -0.05) is 48.5 Å². The summed E-state index contributed by atoms with van der Waals surface area (Å²) in [5.74, 6) is 0.906. The molecule has 1 N–H and O–H groups in total. The lowest BCUT2D eigenvalue weighted by Crippen LogP contribution is -2.12. The van der Waals surface area contributed by atoms with Crippen LogP contribution in [0.3, 0.4) is 0 Å². The SMILES string of the molecule is OCCOCCOCCOc1c2ccccc2cc2ccccc12. The second-order valence-electron chi connectivity index (χ2n) is 5.44. The molecule has 0 radical (unpaired) electrons. The van der Waals surface area contributed by atoms with Crippen molar-refractivity contribution in [3.63, 3.8) is 0 Å². The molecule has 3 aromatic rings. The molecule has 0 atom stereocenters. The largest absolute Gasteiger partial charge is 0.490 e. The Balaban J connectivity index is 1.66. The predicted octanol–water partition coefficient (Wildman–Crippen LogP) is 3.40. The molecule has 3 rings (SSSR count). The summed E-state index contributed by atoms with van der Waals surface area (Å²) in [4.78, 5) is 0. The minimum Gasteiger partial charge on any atom is -0.490 e. The van der Waals surface area contributed by atoms with Crippen molar-refractivity contribution in [1.82, 2.24) is 0 Å². The fourth-order valence-corrected chi connectivity index (χ4v) is 2.72. The number of aliphatic hydroxyl groups excluding tert-OH is 1. The molecule has 0 amide bonds. The van der Waals surface area contributed by atoms with Gasteiger partial charge in [-0.05, 0) is 16.8 Å². The monoisotopic (exact) mass is 326 g/mol. The molecule has 0 bridgehead atoms. The van der Waals surface area contributed by atoms with Crippen LogP contribution in [-0.4, -0.2) is 44.7 Å². The summed E-state index contributed by atoms with van der Waals surface area (Å²) in [6.45, 7) is 2.36. The number of rotatable bonds is 9. The molecule has 0 saturated heterocycles. The Morgan fingerprint density at radius 1 is 0.667 bits per heavy atom. The van der Waals surface area contributed by atoms with E-state index in [-0.39, 0.29) is 6.61 Å². The standard InChI is InChI=1S/C20H22O4/c21-9-10-22-11-12-23-13-14-24-20-18-7-3-1-5-16(18)15-17-6-2-4-8-19(17)20/h1-8,15,21H,9-14H2. The van der Waals surface area contributed by atoms with Crippen molar-refractivity contribution < 1.29 is 19.3 Å². The minimum atomic E-state index is 0.0390. The summed E-state index contributed by atoms with van der Waals surface area (Å²) in [7, 11) is 0. The van der Waals surface area contributed by atoms with Gasteiger partial charge >= 0.3 is 0 Å². The third-order valence-corrected chi connectivity index (χ3v) is 3.80. The molecule has 4 heteroatoms. The van der Waals surface area contributed by atoms with Crippen molar-refractivity contribution in [2.75, 3.05) is 39.6 Å². The highest BCUT2D eigenvalue weighted by molar-refractivity contribution is 6.05. The fourth-order valence-electron chi connectivity index (χ4n) is 2.72. The zero-order valence-corrected chi connectivity index (χ0v) is 13.6. The zero-order chi connectivity index (χ0) is 16.6. The van der Waals surface area contributed by atoms with Crippen LogP contribution in [0, 0.1) is 0 Å². The molecule has 0 fully saturated rings. The van der Waals surface area contributed by atoms with Gasteiger partial charge in [-0.15, -0.1) is 0 Å². The van der Waals surface area contributed by atoms with Gasteiger partial charge in [0, 0.05) is 10.8 Å². The molecule has 24 heavy (non-hydrogen) atoms. The van der Waals surface area contributed by atoms with Gasteiger partial charge in [0.2, 0.25) is 0 Å². The Hall–Kier alpha value is -2.14. The molecule has 0 unspecified atom stereocenters. The van der Waals surface area contributed by atoms with Crippen LogP contribution in [0.4, 0.5) is 0 Å². The molecular formula is C20H22O4. The van der Waals surface area contributed by atoms with Crippen LogP contribution in [0.5, 0.6) is 5.75 Å². The highest BCUT2D eigenvalue weighted by atomic mass is 16.5. The van der Waals surface area contributed by atoms with E-state index >= 15 is 0 Å². The summed E-state index contributed by atoms with van der Waals surface area (Å²) in [6, 6.07) is 18.7. The average molecular weight is 326 g/mol. The van der Waals surface area contributed by atoms with Crippen molar-refractivity contribution in [2.24, 2.45) is 0 Å². The van der Waals surface area contributed by atoms with Crippen molar-refractivity contribution in [1.29, 1.82) is 0 Å². The van der Waals surface area contributed by atoms with Gasteiger partial charge in [0.1, 0.15) is 12.4 Å². The summed E-state index contributed by atoms with van der Waals surface area (Å²) < 4.78 is 16.7. The number of fused-ring (bicyclic) bond motifs is 2.